The summed E-state index contributed by atoms with van der Waals surface area (Å²) >= 11 is 3.28. The molecule has 0 saturated heterocycles. The summed E-state index contributed by atoms with van der Waals surface area (Å²) in [5.41, 5.74) is 0. The Labute approximate surface area is 155 Å². The SMILES string of the molecule is Brc1c[c]ccc1.C.O=C([O-])C(F)(F)F.O=C([O-])C(F)(F)F.[Pb+2]. The molecule has 0 amide bonds. The quantitative estimate of drug-likeness (QED) is 0.328. The number of rotatable bonds is 0. The van der Waals surface area contributed by atoms with Crippen LogP contribution in [-0.2, 0) is 9.59 Å². The summed E-state index contributed by atoms with van der Waals surface area (Å²) in [4.78, 5) is 17.6. The van der Waals surface area contributed by atoms with Crippen molar-refractivity contribution < 1.29 is 46.1 Å². The van der Waals surface area contributed by atoms with Gasteiger partial charge in [-0.3, -0.25) is 0 Å². The van der Waals surface area contributed by atoms with Crippen molar-refractivity contribution in [2.75, 3.05) is 0 Å². The van der Waals surface area contributed by atoms with Gasteiger partial charge in [-0.05, 0) is 18.2 Å². The Kier molecular flexibility index (Phi) is 17.7. The Morgan fingerprint density at radius 1 is 1.00 bits per heavy atom. The normalized spacial score (nSPS) is 9.52. The van der Waals surface area contributed by atoms with Crippen molar-refractivity contribution in [3.8, 4) is 0 Å². The third kappa shape index (κ3) is 21.1. The third-order valence-electron chi connectivity index (χ3n) is 1.13. The fourth-order valence-corrected chi connectivity index (χ4v) is 0.656. The van der Waals surface area contributed by atoms with E-state index < -0.39 is 24.3 Å². The van der Waals surface area contributed by atoms with Gasteiger partial charge in [0.05, 0.1) is 0 Å². The van der Waals surface area contributed by atoms with Gasteiger partial charge in [0.1, 0.15) is 11.9 Å². The topological polar surface area (TPSA) is 80.3 Å². The van der Waals surface area contributed by atoms with Gasteiger partial charge in [0.15, 0.2) is 0 Å². The number of carboxylic acids is 2. The summed E-state index contributed by atoms with van der Waals surface area (Å²) in [6.45, 7) is 0. The molecule has 0 heterocycles. The van der Waals surface area contributed by atoms with Crippen molar-refractivity contribution in [3.05, 3.63) is 34.8 Å². The average molecular weight is 605 g/mol. The molecule has 129 valence electrons. The maximum absolute atomic E-state index is 10.5. The van der Waals surface area contributed by atoms with Crippen LogP contribution in [-0.4, -0.2) is 51.6 Å². The Morgan fingerprint density at radius 2 is 1.30 bits per heavy atom. The van der Waals surface area contributed by atoms with E-state index >= 15 is 0 Å². The van der Waals surface area contributed by atoms with Crippen LogP contribution in [0, 0.1) is 6.07 Å². The van der Waals surface area contributed by atoms with Crippen LogP contribution in [0.1, 0.15) is 7.43 Å². The second-order valence-corrected chi connectivity index (χ2v) is 3.71. The third-order valence-corrected chi connectivity index (χ3v) is 1.63. The Bertz CT molecular complexity index is 426. The summed E-state index contributed by atoms with van der Waals surface area (Å²) in [5, 5.41) is 17.6. The number of halogens is 7. The van der Waals surface area contributed by atoms with Crippen molar-refractivity contribution >= 4 is 55.2 Å². The second-order valence-electron chi connectivity index (χ2n) is 2.79. The van der Waals surface area contributed by atoms with E-state index in [1.165, 1.54) is 0 Å². The van der Waals surface area contributed by atoms with Crippen molar-refractivity contribution in [2.24, 2.45) is 0 Å². The van der Waals surface area contributed by atoms with Crippen LogP contribution in [0.5, 0.6) is 0 Å². The Morgan fingerprint density at radius 3 is 1.39 bits per heavy atom. The van der Waals surface area contributed by atoms with E-state index in [0.717, 1.165) is 4.47 Å². The van der Waals surface area contributed by atoms with Gasteiger partial charge in [-0.25, -0.2) is 0 Å². The first-order valence-electron chi connectivity index (χ1n) is 4.46. The van der Waals surface area contributed by atoms with E-state index in [1.807, 2.05) is 24.3 Å². The Balaban J connectivity index is -0.000000113. The predicted molar refractivity (Wildman–Crippen MR) is 67.6 cm³/mol. The second kappa shape index (κ2) is 13.6. The smallest absolute Gasteiger partial charge is 0.542 e. The molecule has 3 radical (unpaired) electrons. The van der Waals surface area contributed by atoms with E-state index in [4.69, 9.17) is 19.8 Å². The van der Waals surface area contributed by atoms with Gasteiger partial charge >= 0.3 is 39.7 Å². The molecule has 1 aromatic carbocycles. The standard InChI is InChI=1S/C6H4Br.2C2HF3O2.CH4.Pb/c7-6-4-2-1-3-5-6;2*3-2(4,5)1(6)7;;/h1-2,4-5H;2*(H,6,7);1H4;/q;;;;+2/p-2. The van der Waals surface area contributed by atoms with Gasteiger partial charge < -0.3 is 19.8 Å². The molecule has 4 nitrogen and oxygen atoms in total. The van der Waals surface area contributed by atoms with Gasteiger partial charge in [-0.2, -0.15) is 26.3 Å². The summed E-state index contributed by atoms with van der Waals surface area (Å²) in [6.07, 6.45) is -10.4. The number of benzene rings is 1. The Hall–Kier alpha value is -0.858. The monoisotopic (exact) mass is 605 g/mol. The molecule has 12 heteroatoms. The van der Waals surface area contributed by atoms with Crippen LogP contribution >= 0.6 is 15.9 Å². The fourth-order valence-electron chi connectivity index (χ4n) is 0.371. The zero-order valence-electron chi connectivity index (χ0n) is 10.1. The molecule has 0 aromatic heterocycles. The number of aliphatic carboxylic acids is 2. The summed E-state index contributed by atoms with van der Waals surface area (Å²) < 4.78 is 64.2. The molecule has 0 aliphatic heterocycles. The van der Waals surface area contributed by atoms with Crippen LogP contribution in [0.3, 0.4) is 0 Å². The molecule has 0 saturated carbocycles. The number of carbonyl (C=O) groups is 2. The van der Waals surface area contributed by atoms with Crippen molar-refractivity contribution in [2.45, 2.75) is 19.8 Å². The molecule has 1 aromatic rings. The zero-order valence-corrected chi connectivity index (χ0v) is 15.6. The van der Waals surface area contributed by atoms with Crippen molar-refractivity contribution in [3.63, 3.8) is 0 Å². The van der Waals surface area contributed by atoms with Crippen LogP contribution in [0.4, 0.5) is 26.3 Å². The van der Waals surface area contributed by atoms with Crippen LogP contribution in [0.25, 0.3) is 0 Å². The minimum Gasteiger partial charge on any atom is -0.542 e. The van der Waals surface area contributed by atoms with E-state index in [0.29, 0.717) is 0 Å². The van der Waals surface area contributed by atoms with Gasteiger partial charge in [0.2, 0.25) is 0 Å². The zero-order chi connectivity index (χ0) is 17.3. The molecule has 0 aliphatic carbocycles. The maximum Gasteiger partial charge on any atom is 2.00 e. The van der Waals surface area contributed by atoms with Crippen molar-refractivity contribution in [1.82, 2.24) is 0 Å². The van der Waals surface area contributed by atoms with Gasteiger partial charge in [-0.15, -0.1) is 0 Å². The molecular formula is C11H8BrF6O4Pb. The largest absolute Gasteiger partial charge is 2.00 e. The fraction of sp³-hybridized carbons (Fsp3) is 0.273. The van der Waals surface area contributed by atoms with Crippen LogP contribution in [0.2, 0.25) is 0 Å². The average Bonchev–Trinajstić information content (AvgIpc) is 2.28. The molecule has 1 rings (SSSR count). The first-order chi connectivity index (χ1) is 9.28. The molecule has 0 N–H and O–H groups in total. The molecule has 23 heavy (non-hydrogen) atoms. The van der Waals surface area contributed by atoms with Gasteiger partial charge in [-0.1, -0.05) is 35.5 Å². The van der Waals surface area contributed by atoms with E-state index in [1.54, 1.807) is 0 Å². The van der Waals surface area contributed by atoms with Crippen molar-refractivity contribution in [1.29, 1.82) is 0 Å². The van der Waals surface area contributed by atoms with E-state index in [9.17, 15) is 26.3 Å². The maximum atomic E-state index is 10.5. The van der Waals surface area contributed by atoms with Crippen LogP contribution < -0.4 is 10.2 Å². The summed E-state index contributed by atoms with van der Waals surface area (Å²) in [7, 11) is 0. The van der Waals surface area contributed by atoms with Crippen LogP contribution in [0.15, 0.2) is 28.7 Å². The summed E-state index contributed by atoms with van der Waals surface area (Å²) in [5.74, 6) is -6.01. The minimum absolute atomic E-state index is 0. The molecule has 0 spiro atoms. The number of alkyl halides is 6. The van der Waals surface area contributed by atoms with E-state index in [2.05, 4.69) is 22.0 Å². The minimum atomic E-state index is -5.19. The molecule has 0 bridgehead atoms. The van der Waals surface area contributed by atoms with Gasteiger partial charge in [0, 0.05) is 4.47 Å². The number of carboxylic acid groups (broad SMARTS) is 2. The first-order valence-corrected chi connectivity index (χ1v) is 5.25. The predicted octanol–water partition coefficient (Wildman–Crippen LogP) is 1.10. The number of carbonyl (C=O) groups excluding carboxylic acids is 2. The van der Waals surface area contributed by atoms with E-state index in [-0.39, 0.29) is 34.7 Å². The number of hydrogen-bond donors (Lipinski definition) is 0. The molecule has 0 atom stereocenters. The molecule has 0 fully saturated rings. The molecular weight excluding hydrogens is 597 g/mol. The molecule has 0 aliphatic rings. The molecule has 0 unspecified atom stereocenters. The number of hydrogen-bond acceptors (Lipinski definition) is 4. The summed E-state index contributed by atoms with van der Waals surface area (Å²) in [6, 6.07) is 10.6. The van der Waals surface area contributed by atoms with Gasteiger partial charge in [0.25, 0.3) is 0 Å². The first kappa shape index (κ1) is 30.1.